The van der Waals surface area contributed by atoms with E-state index in [0.717, 1.165) is 24.6 Å². The molecule has 0 unspecified atom stereocenters. The molecule has 0 aromatic carbocycles. The molecule has 1 aromatic rings. The van der Waals surface area contributed by atoms with Crippen molar-refractivity contribution in [2.45, 2.75) is 59.8 Å². The van der Waals surface area contributed by atoms with Gasteiger partial charge in [-0.05, 0) is 82.0 Å². The summed E-state index contributed by atoms with van der Waals surface area (Å²) >= 11 is 0. The molecule has 2 aliphatic rings. The molecule has 0 amide bonds. The molecule has 4 heteroatoms. The zero-order valence-corrected chi connectivity index (χ0v) is 18.9. The van der Waals surface area contributed by atoms with Gasteiger partial charge in [0.15, 0.2) is 0 Å². The fraction of sp³-hybridized carbons (Fsp3) is 0.500. The Morgan fingerprint density at radius 1 is 1.20 bits per heavy atom. The first-order valence-electron chi connectivity index (χ1n) is 11.2. The highest BCUT2D eigenvalue weighted by atomic mass is 16.5. The van der Waals surface area contributed by atoms with Gasteiger partial charge in [-0.15, -0.1) is 0 Å². The zero-order chi connectivity index (χ0) is 21.6. The average Bonchev–Trinajstić information content (AvgIpc) is 3.11. The summed E-state index contributed by atoms with van der Waals surface area (Å²) in [6.45, 7) is 11.2. The van der Waals surface area contributed by atoms with E-state index in [4.69, 9.17) is 0 Å². The van der Waals surface area contributed by atoms with Crippen LogP contribution in [0.3, 0.4) is 0 Å². The number of piperidine rings is 1. The first-order valence-corrected chi connectivity index (χ1v) is 11.2. The smallest absolute Gasteiger partial charge is 0.316 e. The number of allylic oxidation sites excluding steroid dienone is 9. The van der Waals surface area contributed by atoms with Crippen molar-refractivity contribution in [1.82, 2.24) is 10.5 Å². The fourth-order valence-electron chi connectivity index (χ4n) is 4.61. The Bertz CT molecular complexity index is 875. The van der Waals surface area contributed by atoms with E-state index < -0.39 is 0 Å². The van der Waals surface area contributed by atoms with Crippen LogP contribution >= 0.6 is 0 Å². The molecule has 1 saturated heterocycles. The van der Waals surface area contributed by atoms with Crippen LogP contribution in [0.5, 0.6) is 5.95 Å². The number of nitrogens with one attached hydrogen (secondary N) is 1. The molecule has 3 rings (SSSR count). The standard InChI is InChI=1S/C26H36N2O2/c1-19(7-5-8-20(2)17-22-18-28-30-25(22)29)10-11-24-23(9-6-14-26(24,3)4)21-12-15-27-16-13-21/h5,7-8,10-11,17-18,21,27,29H,6,9,12-16H2,1-4H3/b8-5+,11-10+,19-7+,20-17+. The van der Waals surface area contributed by atoms with E-state index in [9.17, 15) is 5.11 Å². The minimum absolute atomic E-state index is 0.148. The van der Waals surface area contributed by atoms with Crippen molar-refractivity contribution in [3.05, 3.63) is 64.4 Å². The van der Waals surface area contributed by atoms with Gasteiger partial charge < -0.3 is 14.9 Å². The van der Waals surface area contributed by atoms with Crippen LogP contribution in [0.2, 0.25) is 0 Å². The summed E-state index contributed by atoms with van der Waals surface area (Å²) in [6.07, 6.45) is 20.6. The molecule has 0 radical (unpaired) electrons. The van der Waals surface area contributed by atoms with E-state index in [1.165, 1.54) is 43.9 Å². The predicted molar refractivity (Wildman–Crippen MR) is 124 cm³/mol. The van der Waals surface area contributed by atoms with Crippen LogP contribution in [0.4, 0.5) is 0 Å². The Labute approximate surface area is 181 Å². The third-order valence-electron chi connectivity index (χ3n) is 6.35. The lowest BCUT2D eigenvalue weighted by molar-refractivity contribution is 0.277. The topological polar surface area (TPSA) is 58.3 Å². The van der Waals surface area contributed by atoms with Gasteiger partial charge in [-0.1, -0.05) is 66.1 Å². The normalized spacial score (nSPS) is 21.9. The lowest BCUT2D eigenvalue weighted by Gasteiger charge is -2.38. The molecule has 2 N–H and O–H groups in total. The SMILES string of the molecule is CC(/C=C/C1=C(C2CCNCC2)CCCC1(C)C)=C\C=C\C(C)=C\c1cnoc1O. The Kier molecular flexibility index (Phi) is 7.54. The average molecular weight is 409 g/mol. The van der Waals surface area contributed by atoms with Gasteiger partial charge in [0.1, 0.15) is 0 Å². The highest BCUT2D eigenvalue weighted by Crippen LogP contribution is 2.45. The maximum atomic E-state index is 9.54. The molecular formula is C26H36N2O2. The van der Waals surface area contributed by atoms with Gasteiger partial charge in [-0.3, -0.25) is 0 Å². The molecule has 0 saturated carbocycles. The summed E-state index contributed by atoms with van der Waals surface area (Å²) in [4.78, 5) is 0. The van der Waals surface area contributed by atoms with Crippen molar-refractivity contribution in [1.29, 1.82) is 0 Å². The number of aromatic hydroxyl groups is 1. The van der Waals surface area contributed by atoms with Gasteiger partial charge in [-0.25, -0.2) is 0 Å². The number of hydrogen-bond donors (Lipinski definition) is 2. The van der Waals surface area contributed by atoms with E-state index in [-0.39, 0.29) is 11.4 Å². The lowest BCUT2D eigenvalue weighted by atomic mass is 9.68. The highest BCUT2D eigenvalue weighted by molar-refractivity contribution is 5.57. The quantitative estimate of drug-likeness (QED) is 0.539. The van der Waals surface area contributed by atoms with Gasteiger partial charge in [0.05, 0.1) is 11.8 Å². The second-order valence-electron chi connectivity index (χ2n) is 9.28. The van der Waals surface area contributed by atoms with Crippen LogP contribution in [-0.2, 0) is 0 Å². The van der Waals surface area contributed by atoms with Crippen LogP contribution in [0.25, 0.3) is 6.08 Å². The van der Waals surface area contributed by atoms with Crippen LogP contribution in [0.15, 0.2) is 63.4 Å². The van der Waals surface area contributed by atoms with Crippen molar-refractivity contribution in [3.8, 4) is 5.95 Å². The first-order chi connectivity index (χ1) is 14.4. The minimum Gasteiger partial charge on any atom is -0.479 e. The summed E-state index contributed by atoms with van der Waals surface area (Å²) in [5, 5.41) is 16.6. The number of hydrogen-bond acceptors (Lipinski definition) is 4. The second kappa shape index (κ2) is 10.1. The van der Waals surface area contributed by atoms with Crippen molar-refractivity contribution >= 4 is 6.08 Å². The Balaban J connectivity index is 1.73. The molecule has 1 aliphatic heterocycles. The summed E-state index contributed by atoms with van der Waals surface area (Å²) in [7, 11) is 0. The third kappa shape index (κ3) is 5.85. The summed E-state index contributed by atoms with van der Waals surface area (Å²) in [6, 6.07) is 0. The van der Waals surface area contributed by atoms with E-state index in [1.807, 2.05) is 25.2 Å². The second-order valence-corrected chi connectivity index (χ2v) is 9.28. The van der Waals surface area contributed by atoms with Crippen LogP contribution in [-0.4, -0.2) is 23.4 Å². The maximum Gasteiger partial charge on any atom is 0.316 e. The van der Waals surface area contributed by atoms with Gasteiger partial charge in [-0.2, -0.15) is 0 Å². The molecule has 1 aromatic heterocycles. The van der Waals surface area contributed by atoms with Crippen molar-refractivity contribution in [3.63, 3.8) is 0 Å². The van der Waals surface area contributed by atoms with Gasteiger partial charge in [0.2, 0.25) is 0 Å². The van der Waals surface area contributed by atoms with Crippen LogP contribution in [0, 0.1) is 11.3 Å². The molecule has 1 aliphatic carbocycles. The monoisotopic (exact) mass is 408 g/mol. The molecule has 30 heavy (non-hydrogen) atoms. The van der Waals surface area contributed by atoms with Crippen molar-refractivity contribution in [2.75, 3.05) is 13.1 Å². The molecule has 162 valence electrons. The van der Waals surface area contributed by atoms with E-state index in [0.29, 0.717) is 5.56 Å². The fourth-order valence-corrected chi connectivity index (χ4v) is 4.61. The minimum atomic E-state index is -0.148. The maximum absolute atomic E-state index is 9.54. The van der Waals surface area contributed by atoms with Crippen LogP contribution < -0.4 is 5.32 Å². The Hall–Kier alpha value is -2.33. The Morgan fingerprint density at radius 2 is 1.97 bits per heavy atom. The summed E-state index contributed by atoms with van der Waals surface area (Å²) in [5.41, 5.74) is 6.37. The zero-order valence-electron chi connectivity index (χ0n) is 18.9. The van der Waals surface area contributed by atoms with Crippen LogP contribution in [0.1, 0.15) is 65.4 Å². The van der Waals surface area contributed by atoms with Gasteiger partial charge >= 0.3 is 5.95 Å². The van der Waals surface area contributed by atoms with E-state index in [2.05, 4.69) is 54.0 Å². The molecule has 0 atom stereocenters. The van der Waals surface area contributed by atoms with Gasteiger partial charge in [0, 0.05) is 0 Å². The lowest BCUT2D eigenvalue weighted by Crippen LogP contribution is -2.31. The highest BCUT2D eigenvalue weighted by Gasteiger charge is 2.31. The number of rotatable bonds is 6. The van der Waals surface area contributed by atoms with E-state index >= 15 is 0 Å². The molecule has 2 heterocycles. The van der Waals surface area contributed by atoms with Crippen molar-refractivity contribution in [2.24, 2.45) is 11.3 Å². The van der Waals surface area contributed by atoms with Gasteiger partial charge in [0.25, 0.3) is 0 Å². The summed E-state index contributed by atoms with van der Waals surface area (Å²) < 4.78 is 4.67. The molecule has 0 spiro atoms. The third-order valence-corrected chi connectivity index (χ3v) is 6.35. The summed E-state index contributed by atoms with van der Waals surface area (Å²) in [5.74, 6) is 0.599. The molecule has 4 nitrogen and oxygen atoms in total. The first kappa shape index (κ1) is 22.4. The molecular weight excluding hydrogens is 372 g/mol. The molecule has 1 fully saturated rings. The number of nitrogens with zero attached hydrogens (tertiary/aromatic N) is 1. The van der Waals surface area contributed by atoms with Crippen molar-refractivity contribution < 1.29 is 9.63 Å². The number of aromatic nitrogens is 1. The Morgan fingerprint density at radius 3 is 2.67 bits per heavy atom. The molecule has 0 bridgehead atoms. The predicted octanol–water partition coefficient (Wildman–Crippen LogP) is 6.35. The van der Waals surface area contributed by atoms with E-state index in [1.54, 1.807) is 11.1 Å². The largest absolute Gasteiger partial charge is 0.479 e.